The minimum absolute atomic E-state index is 0.00124. The highest BCUT2D eigenvalue weighted by atomic mass is 19.4. The molecule has 0 aromatic heterocycles. The van der Waals surface area contributed by atoms with Crippen molar-refractivity contribution in [3.8, 4) is 0 Å². The maximum Gasteiger partial charge on any atom is 0.412 e. The van der Waals surface area contributed by atoms with Gasteiger partial charge < -0.3 is 29.6 Å². The van der Waals surface area contributed by atoms with Gasteiger partial charge in [0.2, 0.25) is 0 Å². The molecule has 0 saturated carbocycles. The van der Waals surface area contributed by atoms with Crippen LogP contribution >= 0.6 is 0 Å². The zero-order valence-corrected chi connectivity index (χ0v) is 18.7. The molecule has 0 spiro atoms. The number of methoxy groups -OCH3 is 1. The van der Waals surface area contributed by atoms with Crippen molar-refractivity contribution in [3.05, 3.63) is 23.8 Å². The van der Waals surface area contributed by atoms with Crippen LogP contribution in [0.2, 0.25) is 0 Å². The van der Waals surface area contributed by atoms with Gasteiger partial charge in [0.15, 0.2) is 0 Å². The largest absolute Gasteiger partial charge is 0.444 e. The lowest BCUT2D eigenvalue weighted by Gasteiger charge is -2.20. The molecule has 1 atom stereocenters. The van der Waals surface area contributed by atoms with Gasteiger partial charge in [-0.1, -0.05) is 6.08 Å². The zero-order chi connectivity index (χ0) is 24.1. The Labute approximate surface area is 181 Å². The minimum Gasteiger partial charge on any atom is -0.444 e. The quantitative estimate of drug-likeness (QED) is 0.253. The first-order valence-corrected chi connectivity index (χ1v) is 9.67. The highest BCUT2D eigenvalue weighted by molar-refractivity contribution is 5.95. The Hall–Kier alpha value is -2.11. The van der Waals surface area contributed by atoms with E-state index in [2.05, 4.69) is 17.2 Å². The summed E-state index contributed by atoms with van der Waals surface area (Å²) in [5.74, 6) is -0.908. The molecule has 2 amide bonds. The molecule has 0 saturated heterocycles. The molecule has 0 rings (SSSR count). The van der Waals surface area contributed by atoms with E-state index in [4.69, 9.17) is 18.9 Å². The van der Waals surface area contributed by atoms with Crippen LogP contribution in [0.4, 0.5) is 18.0 Å². The van der Waals surface area contributed by atoms with E-state index in [0.717, 1.165) is 13.0 Å². The van der Waals surface area contributed by atoms with Gasteiger partial charge in [-0.3, -0.25) is 4.79 Å². The SMILES string of the molecule is C=CC(OC)/C(C(=O)NCCOCCOCCNC(=O)OC(C)(C)C)=C(\C)C(F)(F)F. The Kier molecular flexibility index (Phi) is 13.1. The number of carbonyl (C=O) groups excluding carboxylic acids is 2. The number of alkyl carbamates (subject to hydrolysis) is 1. The summed E-state index contributed by atoms with van der Waals surface area (Å²) in [6.45, 7) is 10.5. The summed E-state index contributed by atoms with van der Waals surface area (Å²) in [5.41, 5.74) is -2.18. The van der Waals surface area contributed by atoms with Gasteiger partial charge in [-0.25, -0.2) is 4.79 Å². The van der Waals surface area contributed by atoms with Crippen LogP contribution in [-0.2, 0) is 23.7 Å². The molecule has 31 heavy (non-hydrogen) atoms. The lowest BCUT2D eigenvalue weighted by Crippen LogP contribution is -2.35. The third-order valence-electron chi connectivity index (χ3n) is 3.64. The first-order valence-electron chi connectivity index (χ1n) is 9.67. The Balaban J connectivity index is 4.15. The molecule has 0 aliphatic carbocycles. The number of rotatable bonds is 13. The molecule has 8 nitrogen and oxygen atoms in total. The van der Waals surface area contributed by atoms with Crippen LogP contribution in [0.3, 0.4) is 0 Å². The standard InChI is InChI=1S/C20H33F3N2O6/c1-7-15(28-6)16(14(2)20(21,22)23)17(26)24-8-10-29-12-13-30-11-9-25-18(27)31-19(3,4)5/h7,15H,1,8-13H2,2-6H3,(H,24,26)(H,25,27)/b16-14-. The van der Waals surface area contributed by atoms with Crippen molar-refractivity contribution in [2.45, 2.75) is 45.6 Å². The monoisotopic (exact) mass is 454 g/mol. The van der Waals surface area contributed by atoms with Gasteiger partial charge in [0.05, 0.1) is 32.0 Å². The summed E-state index contributed by atoms with van der Waals surface area (Å²) >= 11 is 0. The van der Waals surface area contributed by atoms with Gasteiger partial charge in [-0.05, 0) is 27.7 Å². The van der Waals surface area contributed by atoms with Gasteiger partial charge in [-0.2, -0.15) is 13.2 Å². The Bertz CT molecular complexity index is 615. The molecule has 0 aromatic rings. The molecule has 0 radical (unpaired) electrons. The van der Waals surface area contributed by atoms with Crippen LogP contribution in [0.5, 0.6) is 0 Å². The molecule has 0 bridgehead atoms. The van der Waals surface area contributed by atoms with E-state index < -0.39 is 41.0 Å². The fourth-order valence-corrected chi connectivity index (χ4v) is 2.19. The summed E-state index contributed by atoms with van der Waals surface area (Å²) in [6.07, 6.45) is -5.27. The van der Waals surface area contributed by atoms with E-state index in [0.29, 0.717) is 0 Å². The molecule has 0 heterocycles. The normalized spacial score (nSPS) is 13.8. The van der Waals surface area contributed by atoms with Crippen molar-refractivity contribution in [1.29, 1.82) is 0 Å². The number of nitrogens with one attached hydrogen (secondary N) is 2. The number of carbonyl (C=O) groups is 2. The fraction of sp³-hybridized carbons (Fsp3) is 0.700. The molecule has 1 unspecified atom stereocenters. The third-order valence-corrected chi connectivity index (χ3v) is 3.64. The van der Waals surface area contributed by atoms with E-state index in [1.54, 1.807) is 20.8 Å². The number of ether oxygens (including phenoxy) is 4. The van der Waals surface area contributed by atoms with Gasteiger partial charge in [-0.15, -0.1) is 6.58 Å². The fourth-order valence-electron chi connectivity index (χ4n) is 2.19. The summed E-state index contributed by atoms with van der Waals surface area (Å²) in [5, 5.41) is 4.91. The molecule has 0 fully saturated rings. The van der Waals surface area contributed by atoms with Crippen molar-refractivity contribution in [2.24, 2.45) is 0 Å². The van der Waals surface area contributed by atoms with Crippen LogP contribution in [0, 0.1) is 0 Å². The van der Waals surface area contributed by atoms with Gasteiger partial charge in [0.25, 0.3) is 5.91 Å². The molecule has 0 aliphatic rings. The number of alkyl halides is 3. The van der Waals surface area contributed by atoms with Crippen molar-refractivity contribution in [1.82, 2.24) is 10.6 Å². The van der Waals surface area contributed by atoms with E-state index in [1.807, 2.05) is 0 Å². The van der Waals surface area contributed by atoms with Crippen LogP contribution in [0.15, 0.2) is 23.8 Å². The second kappa shape index (κ2) is 14.0. The van der Waals surface area contributed by atoms with Crippen LogP contribution < -0.4 is 10.6 Å². The Morgan fingerprint density at radius 1 is 1.00 bits per heavy atom. The maximum atomic E-state index is 13.0. The van der Waals surface area contributed by atoms with Crippen LogP contribution in [-0.4, -0.2) is 76.5 Å². The second-order valence-corrected chi connectivity index (χ2v) is 7.34. The highest BCUT2D eigenvalue weighted by Gasteiger charge is 2.36. The Morgan fingerprint density at radius 2 is 1.52 bits per heavy atom. The van der Waals surface area contributed by atoms with Crippen molar-refractivity contribution >= 4 is 12.0 Å². The number of hydrogen-bond acceptors (Lipinski definition) is 6. The Morgan fingerprint density at radius 3 is 1.94 bits per heavy atom. The van der Waals surface area contributed by atoms with Crippen molar-refractivity contribution in [3.63, 3.8) is 0 Å². The summed E-state index contributed by atoms with van der Waals surface area (Å²) in [6, 6.07) is 0. The van der Waals surface area contributed by atoms with Crippen LogP contribution in [0.1, 0.15) is 27.7 Å². The summed E-state index contributed by atoms with van der Waals surface area (Å²) < 4.78 is 59.6. The van der Waals surface area contributed by atoms with E-state index in [-0.39, 0.29) is 39.5 Å². The second-order valence-electron chi connectivity index (χ2n) is 7.34. The predicted octanol–water partition coefficient (Wildman–Crippen LogP) is 2.74. The molecule has 0 aliphatic heterocycles. The maximum absolute atomic E-state index is 13.0. The van der Waals surface area contributed by atoms with Gasteiger partial charge in [0, 0.05) is 25.8 Å². The molecular formula is C20H33F3N2O6. The molecule has 11 heteroatoms. The summed E-state index contributed by atoms with van der Waals surface area (Å²) in [4.78, 5) is 23.6. The van der Waals surface area contributed by atoms with Gasteiger partial charge >= 0.3 is 12.3 Å². The first kappa shape index (κ1) is 28.9. The van der Waals surface area contributed by atoms with Crippen molar-refractivity contribution in [2.75, 3.05) is 46.6 Å². The summed E-state index contributed by atoms with van der Waals surface area (Å²) in [7, 11) is 1.19. The van der Waals surface area contributed by atoms with E-state index >= 15 is 0 Å². The van der Waals surface area contributed by atoms with E-state index in [9.17, 15) is 22.8 Å². The zero-order valence-electron chi connectivity index (χ0n) is 18.7. The molecule has 2 N–H and O–H groups in total. The third kappa shape index (κ3) is 13.0. The number of allylic oxidation sites excluding steroid dienone is 1. The average Bonchev–Trinajstić information content (AvgIpc) is 2.64. The minimum atomic E-state index is -4.67. The number of hydrogen-bond donors (Lipinski definition) is 2. The van der Waals surface area contributed by atoms with E-state index in [1.165, 1.54) is 7.11 Å². The highest BCUT2D eigenvalue weighted by Crippen LogP contribution is 2.30. The molecular weight excluding hydrogens is 421 g/mol. The first-order chi connectivity index (χ1) is 14.3. The van der Waals surface area contributed by atoms with Gasteiger partial charge in [0.1, 0.15) is 11.7 Å². The lowest BCUT2D eigenvalue weighted by molar-refractivity contribution is -0.121. The van der Waals surface area contributed by atoms with Crippen molar-refractivity contribution < 1.29 is 41.7 Å². The topological polar surface area (TPSA) is 95.1 Å². The predicted molar refractivity (Wildman–Crippen MR) is 109 cm³/mol. The van der Waals surface area contributed by atoms with Crippen LogP contribution in [0.25, 0.3) is 0 Å². The molecule has 0 aromatic carbocycles. The average molecular weight is 454 g/mol. The lowest BCUT2D eigenvalue weighted by atomic mass is 10.0. The number of amides is 2. The number of halogens is 3. The smallest absolute Gasteiger partial charge is 0.412 e. The molecule has 180 valence electrons.